The quantitative estimate of drug-likeness (QED) is 0.361. The van der Waals surface area contributed by atoms with E-state index in [1.165, 1.54) is 5.56 Å². The summed E-state index contributed by atoms with van der Waals surface area (Å²) in [6.45, 7) is 8.53. The summed E-state index contributed by atoms with van der Waals surface area (Å²) in [4.78, 5) is 24.6. The van der Waals surface area contributed by atoms with Crippen molar-refractivity contribution < 1.29 is 4.74 Å². The fraction of sp³-hybridized carbons (Fsp3) is 0.423. The number of thiocarbonyl (C=S) groups is 1. The normalized spacial score (nSPS) is 14.3. The number of nitrogens with one attached hydrogen (secondary N) is 2. The van der Waals surface area contributed by atoms with Gasteiger partial charge in [0.2, 0.25) is 0 Å². The lowest BCUT2D eigenvalue weighted by Crippen LogP contribution is -2.42. The second-order valence-electron chi connectivity index (χ2n) is 8.66. The van der Waals surface area contributed by atoms with E-state index in [1.807, 2.05) is 35.4 Å². The summed E-state index contributed by atoms with van der Waals surface area (Å²) in [7, 11) is 0. The fourth-order valence-electron chi connectivity index (χ4n) is 4.19. The lowest BCUT2D eigenvalue weighted by Gasteiger charge is -2.28. The monoisotopic (exact) mass is 479 g/mol. The van der Waals surface area contributed by atoms with Gasteiger partial charge in [0.25, 0.3) is 5.56 Å². The van der Waals surface area contributed by atoms with Crippen molar-refractivity contribution in [3.63, 3.8) is 0 Å². The van der Waals surface area contributed by atoms with Crippen molar-refractivity contribution in [3.05, 3.63) is 75.8 Å². The Balaban J connectivity index is 1.46. The number of aromatic nitrogens is 2. The number of aromatic amines is 1. The molecule has 1 saturated heterocycles. The van der Waals surface area contributed by atoms with Gasteiger partial charge >= 0.3 is 0 Å². The van der Waals surface area contributed by atoms with Crippen LogP contribution in [0.1, 0.15) is 30.0 Å². The van der Waals surface area contributed by atoms with Crippen LogP contribution in [0.2, 0.25) is 0 Å². The topological polar surface area (TPSA) is 73.5 Å². The molecule has 2 aromatic heterocycles. The first-order valence-electron chi connectivity index (χ1n) is 12.0. The Morgan fingerprint density at radius 2 is 2.06 bits per heavy atom. The molecule has 1 aliphatic rings. The van der Waals surface area contributed by atoms with E-state index in [2.05, 4.69) is 39.2 Å². The first-order valence-corrected chi connectivity index (χ1v) is 12.4. The van der Waals surface area contributed by atoms with Crippen LogP contribution in [-0.4, -0.2) is 64.3 Å². The van der Waals surface area contributed by atoms with E-state index in [9.17, 15) is 4.79 Å². The van der Waals surface area contributed by atoms with Gasteiger partial charge in [-0.1, -0.05) is 19.1 Å². The summed E-state index contributed by atoms with van der Waals surface area (Å²) in [5.41, 5.74) is 3.76. The van der Waals surface area contributed by atoms with Gasteiger partial charge in [0.05, 0.1) is 19.8 Å². The second-order valence-corrected chi connectivity index (χ2v) is 9.04. The second kappa shape index (κ2) is 12.1. The molecule has 0 unspecified atom stereocenters. The molecular formula is C26H33N5O2S. The number of aryl methyl sites for hydroxylation is 1. The molecule has 0 bridgehead atoms. The van der Waals surface area contributed by atoms with Crippen molar-refractivity contribution in [2.24, 2.45) is 0 Å². The molecule has 34 heavy (non-hydrogen) atoms. The predicted molar refractivity (Wildman–Crippen MR) is 140 cm³/mol. The SMILES string of the molecule is CCc1ccc2[nH]c(=O)c(CN(Cc3cccnc3)C(=S)NCCCN3CCOCC3)cc2c1. The summed E-state index contributed by atoms with van der Waals surface area (Å²) in [5, 5.41) is 5.09. The van der Waals surface area contributed by atoms with E-state index in [0.29, 0.717) is 23.8 Å². The van der Waals surface area contributed by atoms with E-state index >= 15 is 0 Å². The molecule has 7 nitrogen and oxygen atoms in total. The number of benzene rings is 1. The first-order chi connectivity index (χ1) is 16.6. The van der Waals surface area contributed by atoms with Crippen LogP contribution < -0.4 is 10.9 Å². The van der Waals surface area contributed by atoms with E-state index < -0.39 is 0 Å². The fourth-order valence-corrected chi connectivity index (χ4v) is 4.42. The number of hydrogen-bond donors (Lipinski definition) is 2. The molecule has 180 valence electrons. The molecule has 0 aliphatic carbocycles. The lowest BCUT2D eigenvalue weighted by molar-refractivity contribution is 0.0376. The van der Waals surface area contributed by atoms with Crippen molar-refractivity contribution >= 4 is 28.2 Å². The van der Waals surface area contributed by atoms with Crippen LogP contribution >= 0.6 is 12.2 Å². The predicted octanol–water partition coefficient (Wildman–Crippen LogP) is 3.08. The van der Waals surface area contributed by atoms with Crippen LogP contribution in [0.25, 0.3) is 10.9 Å². The van der Waals surface area contributed by atoms with Gasteiger partial charge in [-0.15, -0.1) is 0 Å². The standard InChI is InChI=1S/C26H33N5O2S/c1-2-20-6-7-24-22(15-20)16-23(25(32)29-24)19-31(18-21-5-3-8-27-17-21)26(34)28-9-4-10-30-11-13-33-14-12-30/h3,5-8,15-17H,2,4,9-14,18-19H2,1H3,(H,28,34)(H,29,32). The number of rotatable bonds is 9. The molecule has 3 aromatic rings. The van der Waals surface area contributed by atoms with Crippen molar-refractivity contribution in [2.75, 3.05) is 39.4 Å². The summed E-state index contributed by atoms with van der Waals surface area (Å²) >= 11 is 5.77. The van der Waals surface area contributed by atoms with Crippen LogP contribution in [-0.2, 0) is 24.2 Å². The lowest BCUT2D eigenvalue weighted by atomic mass is 10.1. The molecule has 1 aromatic carbocycles. The Labute approximate surface area is 206 Å². The third-order valence-electron chi connectivity index (χ3n) is 6.17. The van der Waals surface area contributed by atoms with E-state index in [4.69, 9.17) is 17.0 Å². The highest BCUT2D eigenvalue weighted by atomic mass is 32.1. The maximum atomic E-state index is 12.9. The summed E-state index contributed by atoms with van der Waals surface area (Å²) in [5.74, 6) is 0. The number of fused-ring (bicyclic) bond motifs is 1. The zero-order chi connectivity index (χ0) is 23.8. The average molecular weight is 480 g/mol. The maximum absolute atomic E-state index is 12.9. The minimum absolute atomic E-state index is 0.0805. The van der Waals surface area contributed by atoms with Gasteiger partial charge in [-0.05, 0) is 72.4 Å². The zero-order valence-corrected chi connectivity index (χ0v) is 20.6. The number of nitrogens with zero attached hydrogens (tertiary/aromatic N) is 3. The Morgan fingerprint density at radius 1 is 1.21 bits per heavy atom. The molecular weight excluding hydrogens is 446 g/mol. The molecule has 1 aliphatic heterocycles. The maximum Gasteiger partial charge on any atom is 0.253 e. The minimum atomic E-state index is -0.0805. The van der Waals surface area contributed by atoms with Crippen LogP contribution in [0.3, 0.4) is 0 Å². The number of morpholine rings is 1. The smallest absolute Gasteiger partial charge is 0.253 e. The largest absolute Gasteiger partial charge is 0.379 e. The molecule has 0 saturated carbocycles. The Morgan fingerprint density at radius 3 is 2.82 bits per heavy atom. The van der Waals surface area contributed by atoms with Crippen LogP contribution in [0.4, 0.5) is 0 Å². The third-order valence-corrected chi connectivity index (χ3v) is 6.57. The molecule has 0 amide bonds. The highest BCUT2D eigenvalue weighted by molar-refractivity contribution is 7.80. The first kappa shape index (κ1) is 24.3. The summed E-state index contributed by atoms with van der Waals surface area (Å²) < 4.78 is 5.42. The Hall–Kier alpha value is -2.81. The summed E-state index contributed by atoms with van der Waals surface area (Å²) in [6, 6.07) is 12.1. The van der Waals surface area contributed by atoms with E-state index in [-0.39, 0.29) is 5.56 Å². The number of pyridine rings is 2. The summed E-state index contributed by atoms with van der Waals surface area (Å²) in [6.07, 6.45) is 5.55. The van der Waals surface area contributed by atoms with Gasteiger partial charge in [0, 0.05) is 49.7 Å². The molecule has 3 heterocycles. The average Bonchev–Trinajstić information content (AvgIpc) is 2.87. The minimum Gasteiger partial charge on any atom is -0.379 e. The van der Waals surface area contributed by atoms with Gasteiger partial charge in [-0.25, -0.2) is 0 Å². The number of ether oxygens (including phenoxy) is 1. The van der Waals surface area contributed by atoms with Gasteiger partial charge in [-0.2, -0.15) is 0 Å². The highest BCUT2D eigenvalue weighted by Crippen LogP contribution is 2.16. The van der Waals surface area contributed by atoms with Gasteiger partial charge in [0.1, 0.15) is 0 Å². The Kier molecular flexibility index (Phi) is 8.62. The van der Waals surface area contributed by atoms with Crippen molar-refractivity contribution in [1.82, 2.24) is 25.1 Å². The molecule has 0 radical (unpaired) electrons. The third kappa shape index (κ3) is 6.62. The van der Waals surface area contributed by atoms with E-state index in [0.717, 1.165) is 68.7 Å². The van der Waals surface area contributed by atoms with Gasteiger partial charge < -0.3 is 19.9 Å². The van der Waals surface area contributed by atoms with Crippen molar-refractivity contribution in [1.29, 1.82) is 0 Å². The molecule has 1 fully saturated rings. The van der Waals surface area contributed by atoms with Crippen molar-refractivity contribution in [2.45, 2.75) is 32.9 Å². The Bertz CT molecular complexity index is 1140. The molecule has 4 rings (SSSR count). The van der Waals surface area contributed by atoms with Crippen LogP contribution in [0.15, 0.2) is 53.6 Å². The molecule has 8 heteroatoms. The van der Waals surface area contributed by atoms with Crippen LogP contribution in [0, 0.1) is 0 Å². The highest BCUT2D eigenvalue weighted by Gasteiger charge is 2.15. The number of H-pyrrole nitrogens is 1. The van der Waals surface area contributed by atoms with E-state index in [1.54, 1.807) is 6.20 Å². The number of hydrogen-bond acceptors (Lipinski definition) is 5. The molecule has 0 spiro atoms. The molecule has 0 atom stereocenters. The van der Waals surface area contributed by atoms with Gasteiger partial charge in [0.15, 0.2) is 5.11 Å². The zero-order valence-electron chi connectivity index (χ0n) is 19.8. The van der Waals surface area contributed by atoms with Crippen LogP contribution in [0.5, 0.6) is 0 Å². The van der Waals surface area contributed by atoms with Gasteiger partial charge in [-0.3, -0.25) is 14.7 Å². The molecule has 2 N–H and O–H groups in total. The van der Waals surface area contributed by atoms with Crippen molar-refractivity contribution in [3.8, 4) is 0 Å².